The van der Waals surface area contributed by atoms with Crippen molar-refractivity contribution in [3.8, 4) is 0 Å². The van der Waals surface area contributed by atoms with Crippen LogP contribution in [-0.2, 0) is 23.0 Å². The van der Waals surface area contributed by atoms with Crippen molar-refractivity contribution in [1.29, 1.82) is 0 Å². The zero-order valence-electron chi connectivity index (χ0n) is 16.4. The van der Waals surface area contributed by atoms with Gasteiger partial charge in [0.15, 0.2) is 0 Å². The van der Waals surface area contributed by atoms with Crippen molar-refractivity contribution in [3.05, 3.63) is 95.3 Å². The van der Waals surface area contributed by atoms with E-state index in [0.717, 1.165) is 23.7 Å². The van der Waals surface area contributed by atoms with Gasteiger partial charge < -0.3 is 4.90 Å². The molecule has 1 aliphatic heterocycles. The molecule has 7 heteroatoms. The Hall–Kier alpha value is -3.03. The van der Waals surface area contributed by atoms with Crippen molar-refractivity contribution in [1.82, 2.24) is 4.72 Å². The molecule has 1 amide bonds. The molecule has 1 aliphatic rings. The number of carbonyl (C=O) groups excluding carboxylic acids is 1. The van der Waals surface area contributed by atoms with Gasteiger partial charge in [-0.15, -0.1) is 0 Å². The summed E-state index contributed by atoms with van der Waals surface area (Å²) in [6.07, 6.45) is 0.731. The molecule has 0 saturated heterocycles. The molecule has 0 fully saturated rings. The first-order chi connectivity index (χ1) is 14.4. The Morgan fingerprint density at radius 3 is 2.50 bits per heavy atom. The van der Waals surface area contributed by atoms with Crippen LogP contribution in [0.25, 0.3) is 0 Å². The second kappa shape index (κ2) is 8.01. The van der Waals surface area contributed by atoms with Crippen LogP contribution in [0.5, 0.6) is 0 Å². The second-order valence-electron chi connectivity index (χ2n) is 7.31. The summed E-state index contributed by atoms with van der Waals surface area (Å²) in [4.78, 5) is 14.4. The summed E-state index contributed by atoms with van der Waals surface area (Å²) in [6, 6.07) is 19.9. The van der Waals surface area contributed by atoms with E-state index in [4.69, 9.17) is 0 Å². The number of nitrogens with zero attached hydrogens (tertiary/aromatic N) is 1. The number of rotatable bonds is 5. The molecule has 5 nitrogen and oxygen atoms in total. The van der Waals surface area contributed by atoms with Crippen LogP contribution in [0.3, 0.4) is 0 Å². The molecule has 0 aromatic heterocycles. The molecule has 0 radical (unpaired) electrons. The van der Waals surface area contributed by atoms with Crippen LogP contribution in [0, 0.1) is 5.82 Å². The van der Waals surface area contributed by atoms with E-state index in [0.29, 0.717) is 11.1 Å². The third-order valence-electron chi connectivity index (χ3n) is 5.20. The van der Waals surface area contributed by atoms with E-state index in [-0.39, 0.29) is 23.4 Å². The van der Waals surface area contributed by atoms with Gasteiger partial charge in [0.2, 0.25) is 10.0 Å². The molecule has 1 heterocycles. The second-order valence-corrected chi connectivity index (χ2v) is 9.05. The number of amides is 1. The minimum Gasteiger partial charge on any atom is -0.305 e. The van der Waals surface area contributed by atoms with Crippen molar-refractivity contribution < 1.29 is 17.6 Å². The minimum atomic E-state index is -3.99. The standard InChI is InChI=1S/C23H21FN2O3S/c1-16-13-19-12-11-17(15-25-30(28,29)22-10-6-5-9-20(22)24)14-21(19)26(16)23(27)18-7-3-2-4-8-18/h2-12,14,16,25H,13,15H2,1H3/t16-/m1/s1. The molecular formula is C23H21FN2O3S. The predicted molar refractivity (Wildman–Crippen MR) is 113 cm³/mol. The maximum Gasteiger partial charge on any atom is 0.258 e. The quantitative estimate of drug-likeness (QED) is 0.676. The lowest BCUT2D eigenvalue weighted by molar-refractivity contribution is 0.0981. The number of anilines is 1. The Morgan fingerprint density at radius 1 is 1.07 bits per heavy atom. The fraction of sp³-hybridized carbons (Fsp3) is 0.174. The summed E-state index contributed by atoms with van der Waals surface area (Å²) in [5.74, 6) is -0.890. The molecule has 30 heavy (non-hydrogen) atoms. The Morgan fingerprint density at radius 2 is 1.77 bits per heavy atom. The molecule has 4 rings (SSSR count). The van der Waals surface area contributed by atoms with Crippen LogP contribution in [0.4, 0.5) is 10.1 Å². The summed E-state index contributed by atoms with van der Waals surface area (Å²) >= 11 is 0. The van der Waals surface area contributed by atoms with Gasteiger partial charge in [0, 0.05) is 23.8 Å². The highest BCUT2D eigenvalue weighted by Crippen LogP contribution is 2.34. The van der Waals surface area contributed by atoms with Gasteiger partial charge in [-0.1, -0.05) is 42.5 Å². The van der Waals surface area contributed by atoms with Gasteiger partial charge in [-0.2, -0.15) is 0 Å². The highest BCUT2D eigenvalue weighted by atomic mass is 32.2. The normalized spacial score (nSPS) is 15.8. The third-order valence-corrected chi connectivity index (χ3v) is 6.63. The van der Waals surface area contributed by atoms with E-state index in [1.807, 2.05) is 43.3 Å². The Kier molecular flexibility index (Phi) is 5.40. The lowest BCUT2D eigenvalue weighted by atomic mass is 10.1. The first-order valence-corrected chi connectivity index (χ1v) is 11.1. The summed E-state index contributed by atoms with van der Waals surface area (Å²) < 4.78 is 41.2. The van der Waals surface area contributed by atoms with Crippen LogP contribution in [0.15, 0.2) is 77.7 Å². The number of fused-ring (bicyclic) bond motifs is 1. The van der Waals surface area contributed by atoms with Gasteiger partial charge in [-0.05, 0) is 54.8 Å². The van der Waals surface area contributed by atoms with Crippen LogP contribution in [0.1, 0.15) is 28.4 Å². The largest absolute Gasteiger partial charge is 0.305 e. The van der Waals surface area contributed by atoms with Crippen molar-refractivity contribution in [2.24, 2.45) is 0 Å². The van der Waals surface area contributed by atoms with E-state index < -0.39 is 15.8 Å². The average Bonchev–Trinajstić information content (AvgIpc) is 3.07. The van der Waals surface area contributed by atoms with Crippen LogP contribution >= 0.6 is 0 Å². The van der Waals surface area contributed by atoms with Crippen LogP contribution < -0.4 is 9.62 Å². The molecule has 0 unspecified atom stereocenters. The van der Waals surface area contributed by atoms with Gasteiger partial charge in [-0.3, -0.25) is 4.79 Å². The van der Waals surface area contributed by atoms with Crippen LogP contribution in [-0.4, -0.2) is 20.4 Å². The van der Waals surface area contributed by atoms with Gasteiger partial charge in [-0.25, -0.2) is 17.5 Å². The first kappa shape index (κ1) is 20.3. The molecule has 3 aromatic carbocycles. The average molecular weight is 424 g/mol. The van der Waals surface area contributed by atoms with E-state index >= 15 is 0 Å². The van der Waals surface area contributed by atoms with Gasteiger partial charge in [0.05, 0.1) is 0 Å². The smallest absolute Gasteiger partial charge is 0.258 e. The lowest BCUT2D eigenvalue weighted by Gasteiger charge is -2.23. The van der Waals surface area contributed by atoms with E-state index in [1.165, 1.54) is 18.2 Å². The van der Waals surface area contributed by atoms with Gasteiger partial charge in [0.1, 0.15) is 10.7 Å². The number of hydrogen-bond acceptors (Lipinski definition) is 3. The molecule has 0 bridgehead atoms. The van der Waals surface area contributed by atoms with E-state index in [1.54, 1.807) is 17.0 Å². The minimum absolute atomic E-state index is 0.00179. The van der Waals surface area contributed by atoms with Crippen molar-refractivity contribution in [3.63, 3.8) is 0 Å². The maximum absolute atomic E-state index is 13.9. The number of benzene rings is 3. The van der Waals surface area contributed by atoms with Crippen molar-refractivity contribution in [2.75, 3.05) is 4.90 Å². The lowest BCUT2D eigenvalue weighted by Crippen LogP contribution is -2.35. The molecule has 1 atom stereocenters. The highest BCUT2D eigenvalue weighted by molar-refractivity contribution is 7.89. The highest BCUT2D eigenvalue weighted by Gasteiger charge is 2.31. The predicted octanol–water partition coefficient (Wildman–Crippen LogP) is 3.90. The summed E-state index contributed by atoms with van der Waals surface area (Å²) in [7, 11) is -3.99. The summed E-state index contributed by atoms with van der Waals surface area (Å²) in [5, 5.41) is 0. The third kappa shape index (κ3) is 3.86. The number of halogens is 1. The van der Waals surface area contributed by atoms with Gasteiger partial charge >= 0.3 is 0 Å². The molecule has 0 spiro atoms. The fourth-order valence-corrected chi connectivity index (χ4v) is 4.81. The first-order valence-electron chi connectivity index (χ1n) is 9.61. The number of sulfonamides is 1. The van der Waals surface area contributed by atoms with E-state index in [2.05, 4.69) is 4.72 Å². The SMILES string of the molecule is C[C@@H]1Cc2ccc(CNS(=O)(=O)c3ccccc3F)cc2N1C(=O)c1ccccc1. The zero-order chi connectivity index (χ0) is 21.3. The molecule has 154 valence electrons. The zero-order valence-corrected chi connectivity index (χ0v) is 17.2. The molecule has 0 aliphatic carbocycles. The molecular weight excluding hydrogens is 403 g/mol. The topological polar surface area (TPSA) is 66.5 Å². The fourth-order valence-electron chi connectivity index (χ4n) is 3.71. The molecule has 1 N–H and O–H groups in total. The summed E-state index contributed by atoms with van der Waals surface area (Å²) in [5.41, 5.74) is 3.10. The number of carbonyl (C=O) groups is 1. The molecule has 3 aromatic rings. The Balaban J connectivity index is 1.58. The van der Waals surface area contributed by atoms with Crippen molar-refractivity contribution in [2.45, 2.75) is 30.8 Å². The Bertz CT molecular complexity index is 1200. The Labute approximate surface area is 175 Å². The summed E-state index contributed by atoms with van der Waals surface area (Å²) in [6.45, 7) is 1.98. The monoisotopic (exact) mass is 424 g/mol. The number of hydrogen-bond donors (Lipinski definition) is 1. The molecule has 0 saturated carbocycles. The van der Waals surface area contributed by atoms with E-state index in [9.17, 15) is 17.6 Å². The maximum atomic E-state index is 13.9. The van der Waals surface area contributed by atoms with Crippen molar-refractivity contribution >= 4 is 21.6 Å². The van der Waals surface area contributed by atoms with Gasteiger partial charge in [0.25, 0.3) is 5.91 Å². The number of nitrogens with one attached hydrogen (secondary N) is 1. The van der Waals surface area contributed by atoms with Crippen LogP contribution in [0.2, 0.25) is 0 Å².